The Morgan fingerprint density at radius 2 is 1.92 bits per heavy atom. The summed E-state index contributed by atoms with van der Waals surface area (Å²) in [6, 6.07) is 0. The van der Waals surface area contributed by atoms with E-state index in [1.165, 1.54) is 11.1 Å². The summed E-state index contributed by atoms with van der Waals surface area (Å²) in [5, 5.41) is 0. The molecule has 2 heterocycles. The molecule has 0 N–H and O–H groups in total. The Labute approximate surface area is 78.4 Å². The minimum atomic E-state index is 0.965. The summed E-state index contributed by atoms with van der Waals surface area (Å²) in [7, 11) is 1.99. The van der Waals surface area contributed by atoms with Crippen LogP contribution < -0.4 is 0 Å². The molecule has 2 rings (SSSR count). The van der Waals surface area contributed by atoms with Crippen molar-refractivity contribution in [1.29, 1.82) is 0 Å². The molecule has 0 saturated carbocycles. The molecule has 0 radical (unpaired) electrons. The standard InChI is InChI=1S/C8H9N3.C2H6/c1-6-3-9-4-7-8(6)11(2)5-10-7;1-2/h3-5H,1-2H3;1-2H3. The van der Waals surface area contributed by atoms with Crippen LogP contribution in [0, 0.1) is 6.92 Å². The second-order valence-electron chi connectivity index (χ2n) is 2.68. The molecular formula is C10H15N3. The van der Waals surface area contributed by atoms with Crippen LogP contribution in [0.1, 0.15) is 19.4 Å². The second-order valence-corrected chi connectivity index (χ2v) is 2.68. The highest BCUT2D eigenvalue weighted by Gasteiger charge is 2.00. The monoisotopic (exact) mass is 177 g/mol. The molecule has 0 atom stereocenters. The van der Waals surface area contributed by atoms with Crippen molar-refractivity contribution in [3.8, 4) is 0 Å². The van der Waals surface area contributed by atoms with Gasteiger partial charge in [-0.3, -0.25) is 4.98 Å². The number of aromatic nitrogens is 3. The molecule has 2 aromatic rings. The van der Waals surface area contributed by atoms with Crippen LogP contribution in [0.15, 0.2) is 18.7 Å². The van der Waals surface area contributed by atoms with Gasteiger partial charge in [0.1, 0.15) is 5.52 Å². The maximum absolute atomic E-state index is 4.18. The summed E-state index contributed by atoms with van der Waals surface area (Å²) < 4.78 is 2.01. The highest BCUT2D eigenvalue weighted by molar-refractivity contribution is 5.77. The maximum Gasteiger partial charge on any atom is 0.107 e. The first-order chi connectivity index (χ1) is 6.29. The van der Waals surface area contributed by atoms with Gasteiger partial charge in [0.2, 0.25) is 0 Å². The van der Waals surface area contributed by atoms with E-state index in [2.05, 4.69) is 9.97 Å². The molecule has 0 aliphatic rings. The summed E-state index contributed by atoms with van der Waals surface area (Å²) in [6.07, 6.45) is 5.44. The molecule has 2 aromatic heterocycles. The lowest BCUT2D eigenvalue weighted by Crippen LogP contribution is -1.87. The van der Waals surface area contributed by atoms with Crippen molar-refractivity contribution in [2.45, 2.75) is 20.8 Å². The Kier molecular flexibility index (Phi) is 3.01. The second kappa shape index (κ2) is 4.03. The molecule has 0 aliphatic heterocycles. The maximum atomic E-state index is 4.18. The Balaban J connectivity index is 0.000000396. The van der Waals surface area contributed by atoms with Crippen molar-refractivity contribution >= 4 is 11.0 Å². The quantitative estimate of drug-likeness (QED) is 0.618. The molecule has 3 nitrogen and oxygen atoms in total. The lowest BCUT2D eigenvalue weighted by molar-refractivity contribution is 0.943. The Hall–Kier alpha value is -1.38. The molecule has 0 aromatic carbocycles. The van der Waals surface area contributed by atoms with Crippen LogP contribution in [0.3, 0.4) is 0 Å². The lowest BCUT2D eigenvalue weighted by Gasteiger charge is -1.96. The molecule has 13 heavy (non-hydrogen) atoms. The third-order valence-electron chi connectivity index (χ3n) is 1.80. The fraction of sp³-hybridized carbons (Fsp3) is 0.400. The van der Waals surface area contributed by atoms with Gasteiger partial charge in [-0.25, -0.2) is 4.98 Å². The Morgan fingerprint density at radius 3 is 2.54 bits per heavy atom. The van der Waals surface area contributed by atoms with E-state index in [0.29, 0.717) is 0 Å². The predicted octanol–water partition coefficient (Wildman–Crippen LogP) is 2.30. The van der Waals surface area contributed by atoms with Gasteiger partial charge in [-0.15, -0.1) is 0 Å². The van der Waals surface area contributed by atoms with Crippen LogP contribution in [-0.2, 0) is 7.05 Å². The van der Waals surface area contributed by atoms with E-state index >= 15 is 0 Å². The number of rotatable bonds is 0. The minimum Gasteiger partial charge on any atom is -0.333 e. The van der Waals surface area contributed by atoms with Crippen molar-refractivity contribution in [1.82, 2.24) is 14.5 Å². The number of imidazole rings is 1. The number of pyridine rings is 1. The van der Waals surface area contributed by atoms with Gasteiger partial charge in [0.05, 0.1) is 18.0 Å². The Morgan fingerprint density at radius 1 is 1.23 bits per heavy atom. The summed E-state index contributed by atoms with van der Waals surface area (Å²) in [6.45, 7) is 6.04. The van der Waals surface area contributed by atoms with E-state index in [0.717, 1.165) is 5.52 Å². The molecular weight excluding hydrogens is 162 g/mol. The molecule has 3 heteroatoms. The van der Waals surface area contributed by atoms with E-state index in [4.69, 9.17) is 0 Å². The summed E-state index contributed by atoms with van der Waals surface area (Å²) >= 11 is 0. The van der Waals surface area contributed by atoms with Crippen LogP contribution in [0.25, 0.3) is 11.0 Å². The van der Waals surface area contributed by atoms with E-state index in [-0.39, 0.29) is 0 Å². The average Bonchev–Trinajstić information content (AvgIpc) is 2.53. The third-order valence-corrected chi connectivity index (χ3v) is 1.80. The van der Waals surface area contributed by atoms with E-state index < -0.39 is 0 Å². The molecule has 0 saturated heterocycles. The zero-order valence-corrected chi connectivity index (χ0v) is 8.57. The van der Waals surface area contributed by atoms with Gasteiger partial charge in [-0.1, -0.05) is 13.8 Å². The van der Waals surface area contributed by atoms with Crippen molar-refractivity contribution in [3.63, 3.8) is 0 Å². The van der Waals surface area contributed by atoms with E-state index in [1.807, 2.05) is 38.6 Å². The summed E-state index contributed by atoms with van der Waals surface area (Å²) in [4.78, 5) is 8.23. The predicted molar refractivity (Wildman–Crippen MR) is 54.6 cm³/mol. The molecule has 0 spiro atoms. The normalized spacial score (nSPS) is 9.54. The number of hydrogen-bond acceptors (Lipinski definition) is 2. The Bertz CT molecular complexity index is 390. The molecule has 0 unspecified atom stereocenters. The van der Waals surface area contributed by atoms with Gasteiger partial charge in [-0.05, 0) is 12.5 Å². The van der Waals surface area contributed by atoms with E-state index in [1.54, 1.807) is 12.5 Å². The van der Waals surface area contributed by atoms with Gasteiger partial charge < -0.3 is 4.57 Å². The van der Waals surface area contributed by atoms with Crippen molar-refractivity contribution in [2.24, 2.45) is 7.05 Å². The molecule has 0 bridgehead atoms. The fourth-order valence-electron chi connectivity index (χ4n) is 1.30. The van der Waals surface area contributed by atoms with Crippen LogP contribution >= 0.6 is 0 Å². The molecule has 0 amide bonds. The van der Waals surface area contributed by atoms with Crippen molar-refractivity contribution < 1.29 is 0 Å². The van der Waals surface area contributed by atoms with Gasteiger partial charge >= 0.3 is 0 Å². The van der Waals surface area contributed by atoms with Gasteiger partial charge in [0.25, 0.3) is 0 Å². The number of fused-ring (bicyclic) bond motifs is 1. The first-order valence-corrected chi connectivity index (χ1v) is 4.50. The summed E-state index contributed by atoms with van der Waals surface area (Å²) in [5.74, 6) is 0. The first-order valence-electron chi connectivity index (χ1n) is 4.50. The van der Waals surface area contributed by atoms with Gasteiger partial charge in [-0.2, -0.15) is 0 Å². The highest BCUT2D eigenvalue weighted by Crippen LogP contribution is 2.13. The van der Waals surface area contributed by atoms with E-state index in [9.17, 15) is 0 Å². The highest BCUT2D eigenvalue weighted by atomic mass is 15.0. The minimum absolute atomic E-state index is 0.965. The average molecular weight is 177 g/mol. The van der Waals surface area contributed by atoms with Crippen LogP contribution in [0.2, 0.25) is 0 Å². The number of aryl methyl sites for hydroxylation is 2. The summed E-state index contributed by atoms with van der Waals surface area (Å²) in [5.41, 5.74) is 3.30. The lowest BCUT2D eigenvalue weighted by atomic mass is 10.3. The molecule has 0 aliphatic carbocycles. The fourth-order valence-corrected chi connectivity index (χ4v) is 1.30. The van der Waals surface area contributed by atoms with Gasteiger partial charge in [0.15, 0.2) is 0 Å². The molecule has 0 fully saturated rings. The van der Waals surface area contributed by atoms with Crippen molar-refractivity contribution in [2.75, 3.05) is 0 Å². The first kappa shape index (κ1) is 9.71. The van der Waals surface area contributed by atoms with Crippen LogP contribution in [0.5, 0.6) is 0 Å². The third kappa shape index (κ3) is 1.69. The number of nitrogens with zero attached hydrogens (tertiary/aromatic N) is 3. The number of hydrogen-bond donors (Lipinski definition) is 0. The zero-order chi connectivity index (χ0) is 9.84. The SMILES string of the molecule is CC.Cc1cncc2ncn(C)c12. The van der Waals surface area contributed by atoms with Crippen molar-refractivity contribution in [3.05, 3.63) is 24.3 Å². The van der Waals surface area contributed by atoms with Crippen LogP contribution in [-0.4, -0.2) is 14.5 Å². The van der Waals surface area contributed by atoms with Gasteiger partial charge in [0, 0.05) is 13.2 Å². The largest absolute Gasteiger partial charge is 0.333 e. The zero-order valence-electron chi connectivity index (χ0n) is 8.57. The topological polar surface area (TPSA) is 30.7 Å². The smallest absolute Gasteiger partial charge is 0.107 e. The van der Waals surface area contributed by atoms with Crippen LogP contribution in [0.4, 0.5) is 0 Å². The molecule has 70 valence electrons.